The van der Waals surface area contributed by atoms with Crippen LogP contribution >= 0.6 is 11.6 Å². The van der Waals surface area contributed by atoms with Gasteiger partial charge in [-0.05, 0) is 24.3 Å². The maximum Gasteiger partial charge on any atom is 0.282 e. The summed E-state index contributed by atoms with van der Waals surface area (Å²) in [4.78, 5) is 7.19. The Morgan fingerprint density at radius 2 is 1.83 bits per heavy atom. The zero-order valence-corrected chi connectivity index (χ0v) is 10.4. The Morgan fingerprint density at radius 1 is 1.17 bits per heavy atom. The van der Waals surface area contributed by atoms with Crippen molar-refractivity contribution < 1.29 is 12.8 Å². The van der Waals surface area contributed by atoms with Crippen LogP contribution in [0.5, 0.6) is 0 Å². The van der Waals surface area contributed by atoms with Gasteiger partial charge in [-0.25, -0.2) is 14.4 Å². The SMILES string of the molecule is O=S(=O)(Nc1cccnc1Cl)c1ncccc1F. The van der Waals surface area contributed by atoms with Crippen LogP contribution in [0.2, 0.25) is 5.15 Å². The predicted octanol–water partition coefficient (Wildman–Crippen LogP) is 2.07. The van der Waals surface area contributed by atoms with Crippen LogP contribution in [-0.2, 0) is 10.0 Å². The first-order valence-electron chi connectivity index (χ1n) is 4.74. The Labute approximate surface area is 108 Å². The number of halogens is 2. The number of hydrogen-bond acceptors (Lipinski definition) is 4. The second kappa shape index (κ2) is 4.87. The molecule has 2 aromatic heterocycles. The molecule has 0 unspecified atom stereocenters. The van der Waals surface area contributed by atoms with Crippen molar-refractivity contribution in [2.75, 3.05) is 4.72 Å². The van der Waals surface area contributed by atoms with Crippen LogP contribution in [0.25, 0.3) is 0 Å². The zero-order valence-electron chi connectivity index (χ0n) is 8.84. The molecule has 0 amide bonds. The maximum absolute atomic E-state index is 13.4. The van der Waals surface area contributed by atoms with Crippen LogP contribution in [-0.4, -0.2) is 18.4 Å². The predicted molar refractivity (Wildman–Crippen MR) is 64.3 cm³/mol. The highest BCUT2D eigenvalue weighted by molar-refractivity contribution is 7.92. The normalized spacial score (nSPS) is 11.2. The topological polar surface area (TPSA) is 72.0 Å². The van der Waals surface area contributed by atoms with Crippen LogP contribution < -0.4 is 4.72 Å². The van der Waals surface area contributed by atoms with Gasteiger partial charge >= 0.3 is 0 Å². The van der Waals surface area contributed by atoms with Crippen molar-refractivity contribution in [3.63, 3.8) is 0 Å². The highest BCUT2D eigenvalue weighted by Gasteiger charge is 2.21. The Kier molecular flexibility index (Phi) is 3.44. The lowest BCUT2D eigenvalue weighted by Gasteiger charge is -2.08. The van der Waals surface area contributed by atoms with Crippen molar-refractivity contribution in [1.29, 1.82) is 0 Å². The van der Waals surface area contributed by atoms with Gasteiger partial charge in [-0.1, -0.05) is 11.6 Å². The van der Waals surface area contributed by atoms with Crippen LogP contribution in [0, 0.1) is 5.82 Å². The van der Waals surface area contributed by atoms with Gasteiger partial charge in [0.15, 0.2) is 11.0 Å². The summed E-state index contributed by atoms with van der Waals surface area (Å²) in [6.45, 7) is 0. The summed E-state index contributed by atoms with van der Waals surface area (Å²) in [5, 5.41) is -0.720. The van der Waals surface area contributed by atoms with Crippen LogP contribution in [0.15, 0.2) is 41.7 Å². The van der Waals surface area contributed by atoms with E-state index in [1.807, 2.05) is 0 Å². The minimum atomic E-state index is -4.13. The van der Waals surface area contributed by atoms with Crippen molar-refractivity contribution >= 4 is 27.3 Å². The Hall–Kier alpha value is -1.73. The Bertz CT molecular complexity index is 678. The lowest BCUT2D eigenvalue weighted by molar-refractivity contribution is 0.557. The van der Waals surface area contributed by atoms with Crippen molar-refractivity contribution in [3.8, 4) is 0 Å². The molecule has 1 N–H and O–H groups in total. The number of rotatable bonds is 3. The highest BCUT2D eigenvalue weighted by Crippen LogP contribution is 2.21. The minimum absolute atomic E-state index is 0.0302. The molecular formula is C10H7ClFN3O2S. The molecule has 8 heteroatoms. The minimum Gasteiger partial charge on any atom is -0.275 e. The summed E-state index contributed by atoms with van der Waals surface area (Å²) in [6, 6.07) is 5.21. The Morgan fingerprint density at radius 3 is 2.50 bits per heavy atom. The smallest absolute Gasteiger partial charge is 0.275 e. The number of anilines is 1. The average Bonchev–Trinajstić information content (AvgIpc) is 2.32. The van der Waals surface area contributed by atoms with Gasteiger partial charge in [-0.15, -0.1) is 0 Å². The molecule has 0 aliphatic heterocycles. The summed E-state index contributed by atoms with van der Waals surface area (Å²) in [5.41, 5.74) is 0.0595. The number of sulfonamides is 1. The lowest BCUT2D eigenvalue weighted by atomic mass is 10.4. The molecule has 5 nitrogen and oxygen atoms in total. The van der Waals surface area contributed by atoms with E-state index >= 15 is 0 Å². The fourth-order valence-electron chi connectivity index (χ4n) is 1.22. The number of nitrogens with one attached hydrogen (secondary N) is 1. The molecule has 0 spiro atoms. The number of aromatic nitrogens is 2. The Balaban J connectivity index is 2.40. The molecule has 0 aliphatic carbocycles. The third-order valence-corrected chi connectivity index (χ3v) is 3.58. The standard InChI is InChI=1S/C10H7ClFN3O2S/c11-9-8(4-2-5-13-9)15-18(16,17)10-7(12)3-1-6-14-10/h1-6,15H. The third-order valence-electron chi connectivity index (χ3n) is 1.98. The highest BCUT2D eigenvalue weighted by atomic mass is 35.5. The number of nitrogens with zero attached hydrogens (tertiary/aromatic N) is 2. The number of hydrogen-bond donors (Lipinski definition) is 1. The lowest BCUT2D eigenvalue weighted by Crippen LogP contribution is -2.16. The van der Waals surface area contributed by atoms with Crippen molar-refractivity contribution in [3.05, 3.63) is 47.6 Å². The van der Waals surface area contributed by atoms with Crippen molar-refractivity contribution in [2.45, 2.75) is 5.03 Å². The second-order valence-corrected chi connectivity index (χ2v) is 5.19. The van der Waals surface area contributed by atoms with Crippen LogP contribution in [0.4, 0.5) is 10.1 Å². The van der Waals surface area contributed by atoms with Gasteiger partial charge in [0.2, 0.25) is 5.03 Å². The van der Waals surface area contributed by atoms with Crippen molar-refractivity contribution in [2.24, 2.45) is 0 Å². The van der Waals surface area contributed by atoms with Gasteiger partial charge in [0.25, 0.3) is 10.0 Å². The molecule has 0 radical (unpaired) electrons. The van der Waals surface area contributed by atoms with E-state index in [0.29, 0.717) is 0 Å². The van der Waals surface area contributed by atoms with Gasteiger partial charge in [-0.2, -0.15) is 8.42 Å². The van der Waals surface area contributed by atoms with Gasteiger partial charge in [0.05, 0.1) is 5.69 Å². The van der Waals surface area contributed by atoms with E-state index in [2.05, 4.69) is 14.7 Å². The molecule has 18 heavy (non-hydrogen) atoms. The molecular weight excluding hydrogens is 281 g/mol. The molecule has 0 fully saturated rings. The van der Waals surface area contributed by atoms with E-state index in [0.717, 1.165) is 6.07 Å². The molecule has 2 heterocycles. The van der Waals surface area contributed by atoms with E-state index in [1.54, 1.807) is 0 Å². The van der Waals surface area contributed by atoms with Gasteiger partial charge < -0.3 is 0 Å². The maximum atomic E-state index is 13.4. The zero-order chi connectivity index (χ0) is 13.2. The average molecular weight is 288 g/mol. The van der Waals surface area contributed by atoms with Crippen molar-refractivity contribution in [1.82, 2.24) is 9.97 Å². The molecule has 94 valence electrons. The number of pyridine rings is 2. The summed E-state index contributed by atoms with van der Waals surface area (Å²) in [5.74, 6) is -0.940. The molecule has 0 saturated heterocycles. The summed E-state index contributed by atoms with van der Waals surface area (Å²) >= 11 is 5.71. The first kappa shape index (κ1) is 12.7. The molecule has 0 saturated carbocycles. The van der Waals surface area contributed by atoms with Gasteiger partial charge in [0.1, 0.15) is 0 Å². The first-order valence-corrected chi connectivity index (χ1v) is 6.60. The molecule has 0 aromatic carbocycles. The van der Waals surface area contributed by atoms with E-state index in [4.69, 9.17) is 11.6 Å². The van der Waals surface area contributed by atoms with Gasteiger partial charge in [-0.3, -0.25) is 4.72 Å². The first-order chi connectivity index (χ1) is 8.50. The molecule has 2 rings (SSSR count). The largest absolute Gasteiger partial charge is 0.282 e. The van der Waals surface area contributed by atoms with Crippen LogP contribution in [0.1, 0.15) is 0 Å². The van der Waals surface area contributed by atoms with E-state index in [-0.39, 0.29) is 10.8 Å². The summed E-state index contributed by atoms with van der Waals surface area (Å²) in [7, 11) is -4.13. The fourth-order valence-corrected chi connectivity index (χ4v) is 2.52. The molecule has 0 atom stereocenters. The van der Waals surface area contributed by atoms with Crippen LogP contribution in [0.3, 0.4) is 0 Å². The monoisotopic (exact) mass is 287 g/mol. The quantitative estimate of drug-likeness (QED) is 0.877. The molecule has 2 aromatic rings. The molecule has 0 bridgehead atoms. The van der Waals surface area contributed by atoms with E-state index in [9.17, 15) is 12.8 Å². The summed E-state index contributed by atoms with van der Waals surface area (Å²) in [6.07, 6.45) is 2.59. The van der Waals surface area contributed by atoms with E-state index in [1.165, 1.54) is 30.6 Å². The summed E-state index contributed by atoms with van der Waals surface area (Å²) < 4.78 is 39.2. The van der Waals surface area contributed by atoms with E-state index < -0.39 is 20.9 Å². The van der Waals surface area contributed by atoms with Gasteiger partial charge in [0, 0.05) is 12.4 Å². The molecule has 0 aliphatic rings. The fraction of sp³-hybridized carbons (Fsp3) is 0. The second-order valence-electron chi connectivity index (χ2n) is 3.24. The third kappa shape index (κ3) is 2.57.